The molecule has 0 N–H and O–H groups in total. The van der Waals surface area contributed by atoms with Crippen molar-refractivity contribution in [2.75, 3.05) is 13.1 Å². The van der Waals surface area contributed by atoms with E-state index in [0.29, 0.717) is 10.2 Å². The lowest BCUT2D eigenvalue weighted by Crippen LogP contribution is -2.20. The molecule has 24 heavy (non-hydrogen) atoms. The molecule has 2 rings (SSSR count). The van der Waals surface area contributed by atoms with Crippen LogP contribution < -0.4 is 4.74 Å². The van der Waals surface area contributed by atoms with E-state index in [2.05, 4.69) is 39.7 Å². The van der Waals surface area contributed by atoms with Crippen molar-refractivity contribution in [3.8, 4) is 11.5 Å². The lowest BCUT2D eigenvalue weighted by Gasteiger charge is -2.15. The third-order valence-corrected chi connectivity index (χ3v) is 4.39. The van der Waals surface area contributed by atoms with Crippen molar-refractivity contribution >= 4 is 28.0 Å². The molecule has 3 nitrogen and oxygen atoms in total. The smallest absolute Gasteiger partial charge is 0.137 e. The first-order valence-corrected chi connectivity index (χ1v) is 8.76. The average Bonchev–Trinajstić information content (AvgIpc) is 2.56. The van der Waals surface area contributed by atoms with E-state index in [0.717, 1.165) is 35.7 Å². The summed E-state index contributed by atoms with van der Waals surface area (Å²) in [6, 6.07) is 8.58. The van der Waals surface area contributed by atoms with Gasteiger partial charge in [0.25, 0.3) is 0 Å². The predicted octanol–water partition coefficient (Wildman–Crippen LogP) is 6.00. The standard InChI is InChI=1S/C19H22BrFN2O/c1-5-23(6-2)12-22-18-9-14(4)19(10-13(18)3)24-15-7-8-17(21)16(20)11-15/h7-12H,5-6H2,1-4H3. The Kier molecular flexibility index (Phi) is 6.37. The van der Waals surface area contributed by atoms with Crippen molar-refractivity contribution in [1.82, 2.24) is 4.90 Å². The highest BCUT2D eigenvalue weighted by atomic mass is 79.9. The van der Waals surface area contributed by atoms with E-state index in [1.54, 1.807) is 12.1 Å². The fraction of sp³-hybridized carbons (Fsp3) is 0.316. The molecule has 2 aromatic carbocycles. The normalized spacial score (nSPS) is 11.1. The number of nitrogens with zero attached hydrogens (tertiary/aromatic N) is 2. The van der Waals surface area contributed by atoms with E-state index in [-0.39, 0.29) is 5.82 Å². The average molecular weight is 393 g/mol. The number of benzene rings is 2. The Morgan fingerprint density at radius 1 is 1.12 bits per heavy atom. The number of hydrogen-bond acceptors (Lipinski definition) is 2. The highest BCUT2D eigenvalue weighted by Crippen LogP contribution is 2.32. The van der Waals surface area contributed by atoms with Gasteiger partial charge in [0.1, 0.15) is 17.3 Å². The topological polar surface area (TPSA) is 24.8 Å². The molecular formula is C19H22BrFN2O. The predicted molar refractivity (Wildman–Crippen MR) is 101 cm³/mol. The number of aryl methyl sites for hydroxylation is 2. The third kappa shape index (κ3) is 4.57. The summed E-state index contributed by atoms with van der Waals surface area (Å²) in [6.45, 7) is 10.0. The molecule has 0 heterocycles. The fourth-order valence-corrected chi connectivity index (χ4v) is 2.58. The summed E-state index contributed by atoms with van der Waals surface area (Å²) in [5, 5.41) is 0. The van der Waals surface area contributed by atoms with Crippen LogP contribution in [0.1, 0.15) is 25.0 Å². The Bertz CT molecular complexity index is 742. The molecule has 0 aromatic heterocycles. The quantitative estimate of drug-likeness (QED) is 0.444. The summed E-state index contributed by atoms with van der Waals surface area (Å²) >= 11 is 3.17. The first-order valence-electron chi connectivity index (χ1n) is 7.97. The second kappa shape index (κ2) is 8.29. The van der Waals surface area contributed by atoms with Crippen LogP contribution in [0.3, 0.4) is 0 Å². The van der Waals surface area contributed by atoms with Gasteiger partial charge in [-0.2, -0.15) is 0 Å². The minimum atomic E-state index is -0.309. The molecule has 0 atom stereocenters. The van der Waals surface area contributed by atoms with Gasteiger partial charge in [-0.25, -0.2) is 9.38 Å². The Labute approximate surface area is 151 Å². The van der Waals surface area contributed by atoms with Gasteiger partial charge in [-0.05, 0) is 85.1 Å². The summed E-state index contributed by atoms with van der Waals surface area (Å²) < 4.78 is 19.6. The van der Waals surface area contributed by atoms with Crippen LogP contribution in [0.5, 0.6) is 11.5 Å². The van der Waals surface area contributed by atoms with E-state index in [4.69, 9.17) is 4.74 Å². The zero-order valence-corrected chi connectivity index (χ0v) is 16.0. The lowest BCUT2D eigenvalue weighted by atomic mass is 10.1. The van der Waals surface area contributed by atoms with Crippen LogP contribution in [0.25, 0.3) is 0 Å². The maximum atomic E-state index is 13.3. The molecule has 0 saturated carbocycles. The molecular weight excluding hydrogens is 371 g/mol. The van der Waals surface area contributed by atoms with Gasteiger partial charge < -0.3 is 9.64 Å². The molecule has 0 saturated heterocycles. The minimum Gasteiger partial charge on any atom is -0.457 e. The molecule has 0 amide bonds. The zero-order valence-electron chi connectivity index (χ0n) is 14.4. The highest BCUT2D eigenvalue weighted by Gasteiger charge is 2.08. The van der Waals surface area contributed by atoms with Gasteiger partial charge in [0.2, 0.25) is 0 Å². The largest absolute Gasteiger partial charge is 0.457 e. The molecule has 0 aliphatic heterocycles. The highest BCUT2D eigenvalue weighted by molar-refractivity contribution is 9.10. The lowest BCUT2D eigenvalue weighted by molar-refractivity contribution is 0.475. The summed E-state index contributed by atoms with van der Waals surface area (Å²) in [6.07, 6.45) is 1.87. The zero-order chi connectivity index (χ0) is 17.7. The van der Waals surface area contributed by atoms with Gasteiger partial charge in [0.15, 0.2) is 0 Å². The van der Waals surface area contributed by atoms with E-state index in [1.165, 1.54) is 6.07 Å². The molecule has 5 heteroatoms. The number of aliphatic imine (C=N–C) groups is 1. The molecule has 0 spiro atoms. The third-order valence-electron chi connectivity index (χ3n) is 3.78. The molecule has 0 bridgehead atoms. The summed E-state index contributed by atoms with van der Waals surface area (Å²) in [5.74, 6) is 1.02. The van der Waals surface area contributed by atoms with Gasteiger partial charge in [0, 0.05) is 13.1 Å². The Hall–Kier alpha value is -1.88. The van der Waals surface area contributed by atoms with Crippen molar-refractivity contribution in [1.29, 1.82) is 0 Å². The summed E-state index contributed by atoms with van der Waals surface area (Å²) in [7, 11) is 0. The van der Waals surface area contributed by atoms with Gasteiger partial charge >= 0.3 is 0 Å². The molecule has 0 aliphatic rings. The number of hydrogen-bond donors (Lipinski definition) is 0. The first-order chi connectivity index (χ1) is 11.4. The van der Waals surface area contributed by atoms with E-state index in [1.807, 2.05) is 32.3 Å². The van der Waals surface area contributed by atoms with Crippen LogP contribution in [0.2, 0.25) is 0 Å². The van der Waals surface area contributed by atoms with Gasteiger partial charge in [-0.3, -0.25) is 0 Å². The number of rotatable bonds is 6. The van der Waals surface area contributed by atoms with Crippen molar-refractivity contribution in [2.45, 2.75) is 27.7 Å². The van der Waals surface area contributed by atoms with Crippen LogP contribution in [0.15, 0.2) is 39.8 Å². The minimum absolute atomic E-state index is 0.309. The second-order valence-electron chi connectivity index (χ2n) is 5.55. The Balaban J connectivity index is 2.24. The van der Waals surface area contributed by atoms with Crippen LogP contribution in [0, 0.1) is 19.7 Å². The van der Waals surface area contributed by atoms with Gasteiger partial charge in [0.05, 0.1) is 16.5 Å². The van der Waals surface area contributed by atoms with E-state index in [9.17, 15) is 4.39 Å². The van der Waals surface area contributed by atoms with E-state index >= 15 is 0 Å². The van der Waals surface area contributed by atoms with Crippen LogP contribution in [0.4, 0.5) is 10.1 Å². The SMILES string of the molecule is CCN(C=Nc1cc(C)c(Oc2ccc(F)c(Br)c2)cc1C)CC. The van der Waals surface area contributed by atoms with Crippen LogP contribution in [-0.2, 0) is 0 Å². The molecule has 2 aromatic rings. The van der Waals surface area contributed by atoms with Crippen molar-refractivity contribution < 1.29 is 9.13 Å². The van der Waals surface area contributed by atoms with Crippen molar-refractivity contribution in [2.24, 2.45) is 4.99 Å². The van der Waals surface area contributed by atoms with Crippen LogP contribution >= 0.6 is 15.9 Å². The van der Waals surface area contributed by atoms with Gasteiger partial charge in [-0.15, -0.1) is 0 Å². The Morgan fingerprint density at radius 2 is 1.83 bits per heavy atom. The number of ether oxygens (including phenoxy) is 1. The van der Waals surface area contributed by atoms with Crippen molar-refractivity contribution in [3.63, 3.8) is 0 Å². The fourth-order valence-electron chi connectivity index (χ4n) is 2.22. The maximum Gasteiger partial charge on any atom is 0.137 e. The van der Waals surface area contributed by atoms with E-state index < -0.39 is 0 Å². The summed E-state index contributed by atoms with van der Waals surface area (Å²) in [4.78, 5) is 6.70. The first kappa shape index (κ1) is 18.5. The monoisotopic (exact) mass is 392 g/mol. The second-order valence-corrected chi connectivity index (χ2v) is 6.40. The molecule has 0 unspecified atom stereocenters. The Morgan fingerprint density at radius 3 is 2.46 bits per heavy atom. The maximum absolute atomic E-state index is 13.3. The molecule has 128 valence electrons. The van der Waals surface area contributed by atoms with Gasteiger partial charge in [-0.1, -0.05) is 0 Å². The molecule has 0 aliphatic carbocycles. The summed E-state index contributed by atoms with van der Waals surface area (Å²) in [5.41, 5.74) is 2.93. The van der Waals surface area contributed by atoms with Crippen molar-refractivity contribution in [3.05, 3.63) is 51.7 Å². The number of halogens is 2. The molecule has 0 fully saturated rings. The van der Waals surface area contributed by atoms with Crippen LogP contribution in [-0.4, -0.2) is 24.3 Å². The molecule has 0 radical (unpaired) electrons.